The monoisotopic (exact) mass is 419 g/mol. The molecule has 0 atom stereocenters. The lowest BCUT2D eigenvalue weighted by atomic mass is 9.49. The number of rotatable bonds is 7. The second kappa shape index (κ2) is 8.32. The van der Waals surface area contributed by atoms with Gasteiger partial charge in [0.05, 0.1) is 13.1 Å². The standard InChI is InChI=1S/C22H27F2N3O3/c23-17-2-1-16(6-18(17)24)27-21(30)12-26-20(29)11-25-19(28)10-22-7-13-3-14(8-22)5-15(4-13)9-22/h1-2,6,13-15H,3-5,7-12H2,(H,25,28)(H,26,29)(H,27,30). The van der Waals surface area contributed by atoms with Crippen LogP contribution in [0.2, 0.25) is 0 Å². The Kier molecular flexibility index (Phi) is 5.75. The summed E-state index contributed by atoms with van der Waals surface area (Å²) in [6.07, 6.45) is 7.80. The molecule has 162 valence electrons. The summed E-state index contributed by atoms with van der Waals surface area (Å²) in [5, 5.41) is 7.45. The first-order valence-electron chi connectivity index (χ1n) is 10.6. The Morgan fingerprint density at radius 1 is 0.833 bits per heavy atom. The molecular weight excluding hydrogens is 392 g/mol. The molecule has 0 saturated heterocycles. The average molecular weight is 419 g/mol. The Balaban J connectivity index is 1.17. The molecule has 0 aromatic heterocycles. The second-order valence-electron chi connectivity index (χ2n) is 9.32. The number of carbonyl (C=O) groups is 3. The summed E-state index contributed by atoms with van der Waals surface area (Å²) in [6.45, 7) is -0.521. The van der Waals surface area contributed by atoms with Gasteiger partial charge in [-0.05, 0) is 73.8 Å². The van der Waals surface area contributed by atoms with E-state index < -0.39 is 23.4 Å². The molecule has 5 rings (SSSR count). The fraction of sp³-hybridized carbons (Fsp3) is 0.591. The molecule has 30 heavy (non-hydrogen) atoms. The maximum atomic E-state index is 13.2. The third kappa shape index (κ3) is 4.79. The molecule has 4 fully saturated rings. The number of halogens is 2. The van der Waals surface area contributed by atoms with E-state index in [4.69, 9.17) is 0 Å². The van der Waals surface area contributed by atoms with Gasteiger partial charge in [-0.3, -0.25) is 14.4 Å². The van der Waals surface area contributed by atoms with E-state index in [9.17, 15) is 23.2 Å². The van der Waals surface area contributed by atoms with Gasteiger partial charge >= 0.3 is 0 Å². The fourth-order valence-electron chi connectivity index (χ4n) is 6.11. The molecule has 0 spiro atoms. The molecule has 3 amide bonds. The van der Waals surface area contributed by atoms with E-state index in [2.05, 4.69) is 16.0 Å². The van der Waals surface area contributed by atoms with Crippen molar-refractivity contribution in [2.24, 2.45) is 23.2 Å². The zero-order valence-electron chi connectivity index (χ0n) is 16.8. The molecule has 3 N–H and O–H groups in total. The molecule has 8 heteroatoms. The lowest BCUT2D eigenvalue weighted by Crippen LogP contribution is -2.48. The van der Waals surface area contributed by atoms with Crippen LogP contribution >= 0.6 is 0 Å². The Morgan fingerprint density at radius 2 is 1.40 bits per heavy atom. The number of carbonyl (C=O) groups excluding carboxylic acids is 3. The summed E-state index contributed by atoms with van der Waals surface area (Å²) in [5.41, 5.74) is 0.205. The summed E-state index contributed by atoms with van der Waals surface area (Å²) < 4.78 is 26.1. The molecule has 0 radical (unpaired) electrons. The van der Waals surface area contributed by atoms with E-state index in [1.807, 2.05) is 0 Å². The van der Waals surface area contributed by atoms with Crippen LogP contribution in [-0.2, 0) is 14.4 Å². The van der Waals surface area contributed by atoms with Crippen molar-refractivity contribution < 1.29 is 23.2 Å². The van der Waals surface area contributed by atoms with Crippen molar-refractivity contribution in [2.75, 3.05) is 18.4 Å². The molecule has 1 aromatic carbocycles. The lowest BCUT2D eigenvalue weighted by molar-refractivity contribution is -0.132. The van der Waals surface area contributed by atoms with Crippen LogP contribution < -0.4 is 16.0 Å². The topological polar surface area (TPSA) is 87.3 Å². The van der Waals surface area contributed by atoms with Crippen LogP contribution in [-0.4, -0.2) is 30.8 Å². The van der Waals surface area contributed by atoms with Crippen molar-refractivity contribution in [2.45, 2.75) is 44.9 Å². The second-order valence-corrected chi connectivity index (χ2v) is 9.32. The number of hydrogen-bond acceptors (Lipinski definition) is 3. The van der Waals surface area contributed by atoms with Crippen LogP contribution in [0, 0.1) is 34.8 Å². The normalized spacial score (nSPS) is 28.8. The van der Waals surface area contributed by atoms with Crippen molar-refractivity contribution >= 4 is 23.4 Å². The third-order valence-electron chi connectivity index (χ3n) is 6.80. The van der Waals surface area contributed by atoms with Crippen LogP contribution in [0.1, 0.15) is 44.9 Å². The van der Waals surface area contributed by atoms with E-state index in [-0.39, 0.29) is 30.1 Å². The number of hydrogen-bond donors (Lipinski definition) is 3. The van der Waals surface area contributed by atoms with Gasteiger partial charge < -0.3 is 16.0 Å². The van der Waals surface area contributed by atoms with Gasteiger partial charge in [0.2, 0.25) is 17.7 Å². The summed E-state index contributed by atoms with van der Waals surface area (Å²) in [4.78, 5) is 36.2. The van der Waals surface area contributed by atoms with Crippen molar-refractivity contribution in [3.05, 3.63) is 29.8 Å². The Bertz CT molecular complexity index is 823. The highest BCUT2D eigenvalue weighted by Gasteiger charge is 2.51. The number of amides is 3. The van der Waals surface area contributed by atoms with Gasteiger partial charge in [-0.2, -0.15) is 0 Å². The van der Waals surface area contributed by atoms with Gasteiger partial charge in [-0.15, -0.1) is 0 Å². The number of anilines is 1. The highest BCUT2D eigenvalue weighted by atomic mass is 19.2. The van der Waals surface area contributed by atoms with Gasteiger partial charge in [-0.25, -0.2) is 8.78 Å². The average Bonchev–Trinajstić information content (AvgIpc) is 2.66. The Morgan fingerprint density at radius 3 is 2.00 bits per heavy atom. The predicted octanol–water partition coefficient (Wildman–Crippen LogP) is 2.74. The van der Waals surface area contributed by atoms with Gasteiger partial charge in [0.1, 0.15) is 0 Å². The first-order chi connectivity index (χ1) is 14.3. The summed E-state index contributed by atoms with van der Waals surface area (Å²) in [7, 11) is 0. The van der Waals surface area contributed by atoms with Crippen LogP contribution in [0.3, 0.4) is 0 Å². The first-order valence-corrected chi connectivity index (χ1v) is 10.6. The summed E-state index contributed by atoms with van der Waals surface area (Å²) in [6, 6.07) is 2.99. The minimum absolute atomic E-state index is 0.0945. The molecule has 4 aliphatic rings. The molecule has 6 nitrogen and oxygen atoms in total. The zero-order valence-corrected chi connectivity index (χ0v) is 16.8. The smallest absolute Gasteiger partial charge is 0.243 e. The highest BCUT2D eigenvalue weighted by Crippen LogP contribution is 2.61. The van der Waals surface area contributed by atoms with Crippen LogP contribution in [0.25, 0.3) is 0 Å². The van der Waals surface area contributed by atoms with Gasteiger partial charge in [-0.1, -0.05) is 0 Å². The fourth-order valence-corrected chi connectivity index (χ4v) is 6.11. The molecule has 0 heterocycles. The maximum Gasteiger partial charge on any atom is 0.243 e. The molecule has 0 unspecified atom stereocenters. The molecule has 4 saturated carbocycles. The van der Waals surface area contributed by atoms with Crippen LogP contribution in [0.5, 0.6) is 0 Å². The summed E-state index contributed by atoms with van der Waals surface area (Å²) in [5.74, 6) is -0.952. The zero-order chi connectivity index (χ0) is 21.3. The van der Waals surface area contributed by atoms with E-state index in [1.165, 1.54) is 25.3 Å². The molecule has 4 aliphatic carbocycles. The SMILES string of the molecule is O=C(CNC(=O)CC12CC3CC(CC(C3)C1)C2)NCC(=O)Nc1ccc(F)c(F)c1. The van der Waals surface area contributed by atoms with Crippen molar-refractivity contribution in [3.8, 4) is 0 Å². The number of nitrogens with one attached hydrogen (secondary N) is 3. The maximum absolute atomic E-state index is 13.2. The van der Waals surface area contributed by atoms with Gasteiger partial charge in [0.25, 0.3) is 0 Å². The van der Waals surface area contributed by atoms with E-state index >= 15 is 0 Å². The molecule has 4 bridgehead atoms. The van der Waals surface area contributed by atoms with Crippen molar-refractivity contribution in [3.63, 3.8) is 0 Å². The quantitative estimate of drug-likeness (QED) is 0.635. The number of benzene rings is 1. The Hall–Kier alpha value is -2.51. The van der Waals surface area contributed by atoms with Gasteiger partial charge in [0, 0.05) is 18.2 Å². The Labute approximate surface area is 174 Å². The van der Waals surface area contributed by atoms with E-state index in [0.29, 0.717) is 6.42 Å². The molecule has 0 aliphatic heterocycles. The predicted molar refractivity (Wildman–Crippen MR) is 106 cm³/mol. The molecule has 1 aromatic rings. The largest absolute Gasteiger partial charge is 0.347 e. The van der Waals surface area contributed by atoms with E-state index in [0.717, 1.165) is 49.1 Å². The van der Waals surface area contributed by atoms with Crippen molar-refractivity contribution in [1.82, 2.24) is 10.6 Å². The van der Waals surface area contributed by atoms with Crippen molar-refractivity contribution in [1.29, 1.82) is 0 Å². The highest BCUT2D eigenvalue weighted by molar-refractivity contribution is 5.95. The molecular formula is C22H27F2N3O3. The lowest BCUT2D eigenvalue weighted by Gasteiger charge is -2.56. The third-order valence-corrected chi connectivity index (χ3v) is 6.80. The van der Waals surface area contributed by atoms with Crippen LogP contribution in [0.4, 0.5) is 14.5 Å². The minimum atomic E-state index is -1.07. The first kappa shape index (κ1) is 20.8. The van der Waals surface area contributed by atoms with E-state index in [1.54, 1.807) is 0 Å². The van der Waals surface area contributed by atoms with Gasteiger partial charge in [0.15, 0.2) is 11.6 Å². The van der Waals surface area contributed by atoms with Crippen LogP contribution in [0.15, 0.2) is 18.2 Å². The summed E-state index contributed by atoms with van der Waals surface area (Å²) >= 11 is 0. The minimum Gasteiger partial charge on any atom is -0.347 e.